The number of nitrogens with one attached hydrogen (secondary N) is 2. The van der Waals surface area contributed by atoms with E-state index in [9.17, 15) is 9.59 Å². The van der Waals surface area contributed by atoms with Gasteiger partial charge < -0.3 is 19.6 Å². The Morgan fingerprint density at radius 3 is 2.85 bits per heavy atom. The van der Waals surface area contributed by atoms with Crippen molar-refractivity contribution >= 4 is 16.8 Å². The third-order valence-corrected chi connectivity index (χ3v) is 7.00. The van der Waals surface area contributed by atoms with Gasteiger partial charge in [0.2, 0.25) is 0 Å². The molecule has 1 saturated heterocycles. The van der Waals surface area contributed by atoms with E-state index < -0.39 is 0 Å². The largest absolute Gasteiger partial charge is 0.496 e. The summed E-state index contributed by atoms with van der Waals surface area (Å²) in [7, 11) is 1.63. The van der Waals surface area contributed by atoms with Gasteiger partial charge >= 0.3 is 0 Å². The van der Waals surface area contributed by atoms with Crippen molar-refractivity contribution < 1.29 is 9.53 Å². The zero-order valence-electron chi connectivity index (χ0n) is 19.5. The van der Waals surface area contributed by atoms with Crippen molar-refractivity contribution in [3.05, 3.63) is 57.4 Å². The minimum Gasteiger partial charge on any atom is -0.496 e. The van der Waals surface area contributed by atoms with E-state index in [4.69, 9.17) is 9.72 Å². The second-order valence-electron chi connectivity index (χ2n) is 9.31. The first-order valence-corrected chi connectivity index (χ1v) is 11.8. The Hall–Kier alpha value is -3.13. The Kier molecular flexibility index (Phi) is 5.70. The van der Waals surface area contributed by atoms with Gasteiger partial charge in [-0.2, -0.15) is 0 Å². The zero-order valence-corrected chi connectivity index (χ0v) is 19.5. The number of carbonyl (C=O) groups is 1. The molecule has 8 nitrogen and oxygen atoms in total. The third-order valence-electron chi connectivity index (χ3n) is 7.00. The number of methoxy groups -OCH3 is 1. The predicted molar refractivity (Wildman–Crippen MR) is 127 cm³/mol. The number of hydrogen-bond acceptors (Lipinski definition) is 5. The van der Waals surface area contributed by atoms with Gasteiger partial charge in [-0.15, -0.1) is 0 Å². The fourth-order valence-corrected chi connectivity index (χ4v) is 5.10. The Morgan fingerprint density at radius 1 is 1.21 bits per heavy atom. The van der Waals surface area contributed by atoms with Crippen molar-refractivity contribution in [1.29, 1.82) is 0 Å². The maximum atomic E-state index is 13.6. The van der Waals surface area contributed by atoms with E-state index in [-0.39, 0.29) is 17.5 Å². The average Bonchev–Trinajstić information content (AvgIpc) is 3.28. The van der Waals surface area contributed by atoms with Crippen LogP contribution in [0.15, 0.2) is 29.1 Å². The number of hydrogen-bond donors (Lipinski definition) is 2. The maximum Gasteiger partial charge on any atom is 0.270 e. The molecule has 1 unspecified atom stereocenters. The summed E-state index contributed by atoms with van der Waals surface area (Å²) < 4.78 is 5.45. The monoisotopic (exact) mass is 449 g/mol. The molecule has 3 aromatic rings. The number of aromatic amines is 2. The third kappa shape index (κ3) is 3.93. The summed E-state index contributed by atoms with van der Waals surface area (Å²) in [4.78, 5) is 41.9. The summed E-state index contributed by atoms with van der Waals surface area (Å²) in [5.74, 6) is 1.26. The lowest BCUT2D eigenvalue weighted by atomic mass is 9.99. The summed E-state index contributed by atoms with van der Waals surface area (Å²) in [5, 5.41) is 0.881. The molecule has 2 aliphatic heterocycles. The molecule has 1 atom stereocenters. The van der Waals surface area contributed by atoms with E-state index in [2.05, 4.69) is 28.7 Å². The highest BCUT2D eigenvalue weighted by atomic mass is 16.5. The van der Waals surface area contributed by atoms with E-state index in [0.717, 1.165) is 60.1 Å². The van der Waals surface area contributed by atoms with Crippen LogP contribution in [0.4, 0.5) is 0 Å². The molecule has 1 fully saturated rings. The summed E-state index contributed by atoms with van der Waals surface area (Å²) in [5.41, 5.74) is 2.94. The Balaban J connectivity index is 1.47. The molecule has 5 rings (SSSR count). The highest BCUT2D eigenvalue weighted by molar-refractivity contribution is 5.99. The molecular weight excluding hydrogens is 418 g/mol. The Bertz CT molecular complexity index is 1240. The van der Waals surface area contributed by atoms with Crippen molar-refractivity contribution in [3.8, 4) is 5.75 Å². The van der Waals surface area contributed by atoms with Crippen LogP contribution in [0, 0.1) is 0 Å². The van der Waals surface area contributed by atoms with E-state index in [0.29, 0.717) is 30.6 Å². The number of amides is 1. The molecule has 2 aliphatic rings. The molecule has 2 N–H and O–H groups in total. The van der Waals surface area contributed by atoms with Gasteiger partial charge in [0.05, 0.1) is 24.4 Å². The van der Waals surface area contributed by atoms with Crippen LogP contribution in [-0.2, 0) is 13.0 Å². The van der Waals surface area contributed by atoms with Gasteiger partial charge in [-0.05, 0) is 51.3 Å². The van der Waals surface area contributed by atoms with E-state index in [1.165, 1.54) is 0 Å². The summed E-state index contributed by atoms with van der Waals surface area (Å²) in [6.07, 6.45) is 3.48. The van der Waals surface area contributed by atoms with Crippen LogP contribution in [0.2, 0.25) is 0 Å². The number of nitrogens with zero attached hydrogens (tertiary/aromatic N) is 3. The van der Waals surface area contributed by atoms with E-state index >= 15 is 0 Å². The Labute approximate surface area is 193 Å². The van der Waals surface area contributed by atoms with Gasteiger partial charge in [-0.1, -0.05) is 6.07 Å². The van der Waals surface area contributed by atoms with E-state index in [1.54, 1.807) is 7.11 Å². The highest BCUT2D eigenvalue weighted by Gasteiger charge is 2.33. The molecule has 8 heteroatoms. The number of carbonyl (C=O) groups excluding carboxylic acids is 1. The standard InChI is InChI=1S/C25H31N5O3/c1-15(2)29-12-10-19-17(14-29)24(31)28-23(27-19)21-8-4-5-11-30(21)25(32)20-13-16-18(26-20)7-6-9-22(16)33-3/h6-7,9,13,15,21,26H,4-5,8,10-12,14H2,1-3H3,(H,27,28,31). The molecule has 0 aliphatic carbocycles. The molecule has 0 saturated carbocycles. The topological polar surface area (TPSA) is 94.3 Å². The van der Waals surface area contributed by atoms with E-state index in [1.807, 2.05) is 29.2 Å². The predicted octanol–water partition coefficient (Wildman–Crippen LogP) is 3.39. The lowest BCUT2D eigenvalue weighted by Crippen LogP contribution is -2.42. The lowest BCUT2D eigenvalue weighted by molar-refractivity contribution is 0.0593. The Morgan fingerprint density at radius 2 is 2.06 bits per heavy atom. The van der Waals surface area contributed by atoms with Crippen LogP contribution in [0.1, 0.15) is 66.7 Å². The lowest BCUT2D eigenvalue weighted by Gasteiger charge is -2.36. The molecule has 1 amide bonds. The smallest absolute Gasteiger partial charge is 0.270 e. The SMILES string of the molecule is COc1cccc2[nH]c(C(=O)N3CCCCC3c3nc4c(c(=O)[nH]3)CN(C(C)C)CC4)cc12. The molecule has 2 aromatic heterocycles. The van der Waals surface area contributed by atoms with Gasteiger partial charge in [-0.25, -0.2) is 4.98 Å². The van der Waals surface area contributed by atoms with Crippen molar-refractivity contribution in [2.75, 3.05) is 20.2 Å². The first-order valence-electron chi connectivity index (χ1n) is 11.8. The second-order valence-corrected chi connectivity index (χ2v) is 9.31. The van der Waals surface area contributed by atoms with Crippen LogP contribution in [0.3, 0.4) is 0 Å². The number of fused-ring (bicyclic) bond motifs is 2. The second kappa shape index (κ2) is 8.67. The molecule has 0 bridgehead atoms. The van der Waals surface area contributed by atoms with Crippen LogP contribution < -0.4 is 10.3 Å². The fourth-order valence-electron chi connectivity index (χ4n) is 5.10. The van der Waals surface area contributed by atoms with Gasteiger partial charge in [0, 0.05) is 43.0 Å². The molecule has 174 valence electrons. The number of aromatic nitrogens is 3. The zero-order chi connectivity index (χ0) is 23.1. The van der Waals surface area contributed by atoms with Crippen LogP contribution >= 0.6 is 0 Å². The maximum absolute atomic E-state index is 13.6. The summed E-state index contributed by atoms with van der Waals surface area (Å²) in [6, 6.07) is 7.73. The number of ether oxygens (including phenoxy) is 1. The van der Waals surface area contributed by atoms with Gasteiger partial charge in [0.25, 0.3) is 11.5 Å². The quantitative estimate of drug-likeness (QED) is 0.637. The van der Waals surface area contributed by atoms with Crippen molar-refractivity contribution in [2.24, 2.45) is 0 Å². The van der Waals surface area contributed by atoms with Crippen LogP contribution in [0.5, 0.6) is 5.75 Å². The normalized spacial score (nSPS) is 19.2. The van der Waals surface area contributed by atoms with Gasteiger partial charge in [0.15, 0.2) is 0 Å². The minimum absolute atomic E-state index is 0.0753. The van der Waals surface area contributed by atoms with Crippen LogP contribution in [0.25, 0.3) is 10.9 Å². The minimum atomic E-state index is -0.235. The molecule has 0 spiro atoms. The van der Waals surface area contributed by atoms with Gasteiger partial charge in [-0.3, -0.25) is 14.5 Å². The van der Waals surface area contributed by atoms with Crippen molar-refractivity contribution in [1.82, 2.24) is 24.8 Å². The number of likely N-dealkylation sites (tertiary alicyclic amines) is 1. The molecule has 4 heterocycles. The first-order chi connectivity index (χ1) is 16.0. The fraction of sp³-hybridized carbons (Fsp3) is 0.480. The van der Waals surface area contributed by atoms with Crippen molar-refractivity contribution in [3.63, 3.8) is 0 Å². The first kappa shape index (κ1) is 21.7. The average molecular weight is 450 g/mol. The number of H-pyrrole nitrogens is 2. The molecule has 33 heavy (non-hydrogen) atoms. The highest BCUT2D eigenvalue weighted by Crippen LogP contribution is 2.32. The summed E-state index contributed by atoms with van der Waals surface area (Å²) in [6.45, 7) is 6.45. The number of rotatable bonds is 4. The number of piperidine rings is 1. The molecule has 0 radical (unpaired) electrons. The van der Waals surface area contributed by atoms with Gasteiger partial charge in [0.1, 0.15) is 17.3 Å². The molecule has 1 aromatic carbocycles. The summed E-state index contributed by atoms with van der Waals surface area (Å²) >= 11 is 0. The number of benzene rings is 1. The van der Waals surface area contributed by atoms with Crippen molar-refractivity contribution in [2.45, 2.75) is 58.2 Å². The van der Waals surface area contributed by atoms with Crippen LogP contribution in [-0.4, -0.2) is 56.9 Å². The molecular formula is C25H31N5O3.